The molecule has 4 heteroatoms. The van der Waals surface area contributed by atoms with E-state index in [1.54, 1.807) is 6.07 Å². The van der Waals surface area contributed by atoms with Crippen LogP contribution in [-0.2, 0) is 9.53 Å². The van der Waals surface area contributed by atoms with Gasteiger partial charge in [0.2, 0.25) is 0 Å². The minimum atomic E-state index is -1.15. The van der Waals surface area contributed by atoms with Crippen molar-refractivity contribution < 1.29 is 19.0 Å². The molecule has 0 saturated heterocycles. The fourth-order valence-electron chi connectivity index (χ4n) is 1.06. The number of carbonyl (C=O) groups excluding carboxylic acids is 1. The van der Waals surface area contributed by atoms with Crippen LogP contribution >= 0.6 is 0 Å². The topological polar surface area (TPSA) is 46.5 Å². The molecule has 0 aliphatic carbocycles. The van der Waals surface area contributed by atoms with Crippen LogP contribution in [0.3, 0.4) is 0 Å². The highest BCUT2D eigenvalue weighted by Crippen LogP contribution is 2.17. The van der Waals surface area contributed by atoms with Crippen LogP contribution in [-0.4, -0.2) is 18.2 Å². The average molecular weight is 210 g/mol. The molecule has 0 aliphatic heterocycles. The summed E-state index contributed by atoms with van der Waals surface area (Å²) >= 11 is 0. The lowest BCUT2D eigenvalue weighted by Gasteiger charge is -2.06. The van der Waals surface area contributed by atoms with Gasteiger partial charge in [0.25, 0.3) is 0 Å². The first-order chi connectivity index (χ1) is 7.15. The highest BCUT2D eigenvalue weighted by Gasteiger charge is 2.08. The van der Waals surface area contributed by atoms with Crippen LogP contribution in [0.25, 0.3) is 0 Å². The summed E-state index contributed by atoms with van der Waals surface area (Å²) in [5.41, 5.74) is 0.123. The van der Waals surface area contributed by atoms with Crippen molar-refractivity contribution in [2.24, 2.45) is 0 Å². The number of aliphatic hydroxyl groups is 1. The Morgan fingerprint density at radius 2 is 2.20 bits per heavy atom. The van der Waals surface area contributed by atoms with Gasteiger partial charge in [-0.15, -0.1) is 0 Å². The van der Waals surface area contributed by atoms with Gasteiger partial charge in [0, 0.05) is 11.6 Å². The van der Waals surface area contributed by atoms with Gasteiger partial charge in [0.15, 0.2) is 0 Å². The number of benzene rings is 1. The maximum atomic E-state index is 13.1. The van der Waals surface area contributed by atoms with E-state index in [0.29, 0.717) is 0 Å². The standard InChI is InChI=1S/C11H11FO3/c1-15-11(14)7-6-10(13)8-4-2-3-5-9(8)12/h2-7,10,13H,1H3/b7-6+. The Hall–Kier alpha value is -1.68. The zero-order valence-corrected chi connectivity index (χ0v) is 8.18. The Labute approximate surface area is 86.8 Å². The van der Waals surface area contributed by atoms with Crippen LogP contribution in [0.1, 0.15) is 11.7 Å². The summed E-state index contributed by atoms with van der Waals surface area (Å²) in [6.45, 7) is 0. The monoisotopic (exact) mass is 210 g/mol. The Bertz CT molecular complexity index is 374. The predicted molar refractivity (Wildman–Crippen MR) is 52.5 cm³/mol. The summed E-state index contributed by atoms with van der Waals surface area (Å²) in [5.74, 6) is -1.11. The first-order valence-corrected chi connectivity index (χ1v) is 4.34. The van der Waals surface area contributed by atoms with E-state index in [2.05, 4.69) is 4.74 Å². The van der Waals surface area contributed by atoms with E-state index in [0.717, 1.165) is 6.08 Å². The van der Waals surface area contributed by atoms with Crippen LogP contribution in [0.2, 0.25) is 0 Å². The maximum Gasteiger partial charge on any atom is 0.330 e. The summed E-state index contributed by atoms with van der Waals surface area (Å²) < 4.78 is 17.5. The molecule has 1 unspecified atom stereocenters. The van der Waals surface area contributed by atoms with Crippen molar-refractivity contribution in [1.29, 1.82) is 0 Å². The fraction of sp³-hybridized carbons (Fsp3) is 0.182. The minimum Gasteiger partial charge on any atom is -0.466 e. The highest BCUT2D eigenvalue weighted by molar-refractivity contribution is 5.81. The molecular formula is C11H11FO3. The molecule has 1 N–H and O–H groups in total. The van der Waals surface area contributed by atoms with Crippen LogP contribution in [0, 0.1) is 5.82 Å². The van der Waals surface area contributed by atoms with Crippen molar-refractivity contribution in [3.8, 4) is 0 Å². The lowest BCUT2D eigenvalue weighted by molar-refractivity contribution is -0.134. The SMILES string of the molecule is COC(=O)/C=C/C(O)c1ccccc1F. The molecule has 0 amide bonds. The Balaban J connectivity index is 2.77. The summed E-state index contributed by atoms with van der Waals surface area (Å²) in [7, 11) is 1.22. The van der Waals surface area contributed by atoms with E-state index in [4.69, 9.17) is 0 Å². The number of rotatable bonds is 3. The van der Waals surface area contributed by atoms with Gasteiger partial charge in [-0.05, 0) is 12.1 Å². The van der Waals surface area contributed by atoms with Crippen molar-refractivity contribution in [3.63, 3.8) is 0 Å². The Morgan fingerprint density at radius 1 is 1.53 bits per heavy atom. The molecule has 0 bridgehead atoms. The largest absolute Gasteiger partial charge is 0.466 e. The van der Waals surface area contributed by atoms with Crippen molar-refractivity contribution in [3.05, 3.63) is 47.8 Å². The second kappa shape index (κ2) is 5.26. The fourth-order valence-corrected chi connectivity index (χ4v) is 1.06. The lowest BCUT2D eigenvalue weighted by Crippen LogP contribution is -1.99. The van der Waals surface area contributed by atoms with Gasteiger partial charge in [-0.1, -0.05) is 18.2 Å². The average Bonchev–Trinajstić information content (AvgIpc) is 2.26. The Morgan fingerprint density at radius 3 is 2.80 bits per heavy atom. The summed E-state index contributed by atoms with van der Waals surface area (Å²) in [6.07, 6.45) is 1.08. The van der Waals surface area contributed by atoms with Gasteiger partial charge >= 0.3 is 5.97 Å². The number of esters is 1. The maximum absolute atomic E-state index is 13.1. The summed E-state index contributed by atoms with van der Waals surface area (Å²) in [6, 6.07) is 5.81. The van der Waals surface area contributed by atoms with Gasteiger partial charge in [0.05, 0.1) is 7.11 Å². The van der Waals surface area contributed by atoms with E-state index >= 15 is 0 Å². The molecule has 80 valence electrons. The lowest BCUT2D eigenvalue weighted by atomic mass is 10.1. The third kappa shape index (κ3) is 3.18. The van der Waals surface area contributed by atoms with E-state index < -0.39 is 17.9 Å². The molecule has 0 radical (unpaired) electrons. The number of hydrogen-bond acceptors (Lipinski definition) is 3. The number of aliphatic hydroxyl groups excluding tert-OH is 1. The van der Waals surface area contributed by atoms with Crippen LogP contribution in [0.15, 0.2) is 36.4 Å². The third-order valence-corrected chi connectivity index (χ3v) is 1.84. The summed E-state index contributed by atoms with van der Waals surface area (Å²) in [4.78, 5) is 10.7. The quantitative estimate of drug-likeness (QED) is 0.608. The van der Waals surface area contributed by atoms with E-state index in [1.807, 2.05) is 0 Å². The van der Waals surface area contributed by atoms with Crippen LogP contribution < -0.4 is 0 Å². The molecule has 1 aromatic carbocycles. The molecule has 15 heavy (non-hydrogen) atoms. The minimum absolute atomic E-state index is 0.123. The highest BCUT2D eigenvalue weighted by atomic mass is 19.1. The number of carbonyl (C=O) groups is 1. The molecular weight excluding hydrogens is 199 g/mol. The molecule has 0 spiro atoms. The first kappa shape index (κ1) is 11.4. The molecule has 0 aromatic heterocycles. The molecule has 0 fully saturated rings. The van der Waals surface area contributed by atoms with Gasteiger partial charge in [0.1, 0.15) is 11.9 Å². The van der Waals surface area contributed by atoms with Crippen LogP contribution in [0.5, 0.6) is 0 Å². The number of hydrogen-bond donors (Lipinski definition) is 1. The third-order valence-electron chi connectivity index (χ3n) is 1.84. The van der Waals surface area contributed by atoms with E-state index in [1.165, 1.54) is 31.4 Å². The second-order valence-corrected chi connectivity index (χ2v) is 2.85. The Kier molecular flexibility index (Phi) is 4.00. The number of halogens is 1. The molecule has 1 atom stereocenters. The van der Waals surface area contributed by atoms with Gasteiger partial charge in [-0.25, -0.2) is 9.18 Å². The predicted octanol–water partition coefficient (Wildman–Crippen LogP) is 1.59. The van der Waals surface area contributed by atoms with E-state index in [9.17, 15) is 14.3 Å². The van der Waals surface area contributed by atoms with Crippen molar-refractivity contribution in [2.75, 3.05) is 7.11 Å². The first-order valence-electron chi connectivity index (χ1n) is 4.34. The van der Waals surface area contributed by atoms with Gasteiger partial charge < -0.3 is 9.84 Å². The summed E-state index contributed by atoms with van der Waals surface area (Å²) in [5, 5.41) is 9.51. The normalized spacial score (nSPS) is 12.7. The molecule has 1 rings (SSSR count). The number of ether oxygens (including phenoxy) is 1. The number of methoxy groups -OCH3 is 1. The molecule has 0 aliphatic rings. The van der Waals surface area contributed by atoms with Gasteiger partial charge in [-0.3, -0.25) is 0 Å². The van der Waals surface area contributed by atoms with Crippen molar-refractivity contribution >= 4 is 5.97 Å². The second-order valence-electron chi connectivity index (χ2n) is 2.85. The van der Waals surface area contributed by atoms with Crippen molar-refractivity contribution in [2.45, 2.75) is 6.10 Å². The molecule has 3 nitrogen and oxygen atoms in total. The zero-order valence-electron chi connectivity index (χ0n) is 8.18. The molecule has 0 saturated carbocycles. The zero-order chi connectivity index (χ0) is 11.3. The smallest absolute Gasteiger partial charge is 0.330 e. The van der Waals surface area contributed by atoms with Crippen LogP contribution in [0.4, 0.5) is 4.39 Å². The molecule has 1 aromatic rings. The van der Waals surface area contributed by atoms with E-state index in [-0.39, 0.29) is 5.56 Å². The molecule has 0 heterocycles. The van der Waals surface area contributed by atoms with Gasteiger partial charge in [-0.2, -0.15) is 0 Å². The van der Waals surface area contributed by atoms with Crippen molar-refractivity contribution in [1.82, 2.24) is 0 Å².